The molecule has 2 aromatic rings. The molecule has 0 fully saturated rings. The fraction of sp³-hybridized carbons (Fsp3) is 0.0769. The molecular weight excluding hydrogens is 218 g/mol. The first-order chi connectivity index (χ1) is 8.24. The Kier molecular flexibility index (Phi) is 3.35. The van der Waals surface area contributed by atoms with Gasteiger partial charge in [-0.3, -0.25) is 9.78 Å². The normalized spacial score (nSPS) is 9.71. The van der Waals surface area contributed by atoms with Crippen LogP contribution in [0.2, 0.25) is 0 Å². The molecule has 0 spiro atoms. The van der Waals surface area contributed by atoms with Crippen molar-refractivity contribution in [3.05, 3.63) is 48.8 Å². The van der Waals surface area contributed by atoms with Crippen molar-refractivity contribution >= 4 is 5.97 Å². The Bertz CT molecular complexity index is 511. The molecule has 0 N–H and O–H groups in total. The predicted octanol–water partition coefficient (Wildman–Crippen LogP) is 2.80. The molecular formula is C13H11NO3. The van der Waals surface area contributed by atoms with Gasteiger partial charge in [-0.1, -0.05) is 6.07 Å². The molecule has 0 saturated carbocycles. The van der Waals surface area contributed by atoms with Gasteiger partial charge in [-0.15, -0.1) is 0 Å². The van der Waals surface area contributed by atoms with Crippen LogP contribution in [0.1, 0.15) is 6.92 Å². The Morgan fingerprint density at radius 1 is 1.12 bits per heavy atom. The summed E-state index contributed by atoms with van der Waals surface area (Å²) in [6.07, 6.45) is 3.28. The molecule has 1 aromatic carbocycles. The molecule has 4 heteroatoms. The van der Waals surface area contributed by atoms with E-state index in [1.165, 1.54) is 6.92 Å². The van der Waals surface area contributed by atoms with Crippen LogP contribution in [0.5, 0.6) is 17.2 Å². The van der Waals surface area contributed by atoms with Gasteiger partial charge in [0.05, 0.1) is 6.20 Å². The second-order valence-electron chi connectivity index (χ2n) is 3.36. The van der Waals surface area contributed by atoms with Crippen molar-refractivity contribution in [2.24, 2.45) is 0 Å². The fourth-order valence-electron chi connectivity index (χ4n) is 1.31. The van der Waals surface area contributed by atoms with Gasteiger partial charge in [0.15, 0.2) is 0 Å². The van der Waals surface area contributed by atoms with Crippen LogP contribution in [-0.4, -0.2) is 11.0 Å². The number of rotatable bonds is 3. The standard InChI is InChI=1S/C13H11NO3/c1-10(15)16-11-4-2-5-12(8-11)17-13-6-3-7-14-9-13/h2-9H,1H3. The number of carbonyl (C=O) groups excluding carboxylic acids is 1. The second kappa shape index (κ2) is 5.12. The van der Waals surface area contributed by atoms with Crippen molar-refractivity contribution in [2.75, 3.05) is 0 Å². The molecule has 0 amide bonds. The lowest BCUT2D eigenvalue weighted by atomic mass is 10.3. The summed E-state index contributed by atoms with van der Waals surface area (Å²) in [4.78, 5) is 14.8. The topological polar surface area (TPSA) is 48.4 Å². The van der Waals surface area contributed by atoms with Crippen molar-refractivity contribution in [3.63, 3.8) is 0 Å². The van der Waals surface area contributed by atoms with Gasteiger partial charge in [-0.2, -0.15) is 0 Å². The van der Waals surface area contributed by atoms with Crippen molar-refractivity contribution in [2.45, 2.75) is 6.92 Å². The molecule has 0 radical (unpaired) electrons. The molecule has 0 saturated heterocycles. The number of pyridine rings is 1. The molecule has 0 atom stereocenters. The maximum Gasteiger partial charge on any atom is 0.308 e. The van der Waals surface area contributed by atoms with E-state index in [9.17, 15) is 4.79 Å². The summed E-state index contributed by atoms with van der Waals surface area (Å²) in [7, 11) is 0. The molecule has 0 bridgehead atoms. The van der Waals surface area contributed by atoms with Crippen LogP contribution < -0.4 is 9.47 Å². The van der Waals surface area contributed by atoms with E-state index >= 15 is 0 Å². The highest BCUT2D eigenvalue weighted by molar-refractivity contribution is 5.69. The Hall–Kier alpha value is -2.36. The van der Waals surface area contributed by atoms with Gasteiger partial charge < -0.3 is 9.47 Å². The molecule has 4 nitrogen and oxygen atoms in total. The van der Waals surface area contributed by atoms with Crippen LogP contribution >= 0.6 is 0 Å². The highest BCUT2D eigenvalue weighted by atomic mass is 16.5. The maximum atomic E-state index is 10.8. The molecule has 2 rings (SSSR count). The van der Waals surface area contributed by atoms with E-state index in [-0.39, 0.29) is 5.97 Å². The molecule has 86 valence electrons. The SMILES string of the molecule is CC(=O)Oc1cccc(Oc2cccnc2)c1. The van der Waals surface area contributed by atoms with E-state index in [0.29, 0.717) is 17.2 Å². The van der Waals surface area contributed by atoms with Crippen molar-refractivity contribution in [1.29, 1.82) is 0 Å². The smallest absolute Gasteiger partial charge is 0.308 e. The van der Waals surface area contributed by atoms with Gasteiger partial charge >= 0.3 is 5.97 Å². The number of benzene rings is 1. The summed E-state index contributed by atoms with van der Waals surface area (Å²) >= 11 is 0. The molecule has 0 unspecified atom stereocenters. The zero-order valence-electron chi connectivity index (χ0n) is 9.29. The zero-order chi connectivity index (χ0) is 12.1. The van der Waals surface area contributed by atoms with Crippen LogP contribution in [0.4, 0.5) is 0 Å². The third-order valence-corrected chi connectivity index (χ3v) is 1.94. The molecule has 1 heterocycles. The minimum Gasteiger partial charge on any atom is -0.456 e. The lowest BCUT2D eigenvalue weighted by molar-refractivity contribution is -0.131. The summed E-state index contributed by atoms with van der Waals surface area (Å²) in [5, 5.41) is 0. The molecule has 0 aliphatic heterocycles. The van der Waals surface area contributed by atoms with Gasteiger partial charge in [0.25, 0.3) is 0 Å². The molecule has 1 aromatic heterocycles. The average Bonchev–Trinajstić information content (AvgIpc) is 2.30. The third-order valence-electron chi connectivity index (χ3n) is 1.94. The summed E-state index contributed by atoms with van der Waals surface area (Å²) in [5.74, 6) is 1.33. The quantitative estimate of drug-likeness (QED) is 0.599. The second-order valence-corrected chi connectivity index (χ2v) is 3.36. The van der Waals surface area contributed by atoms with Crippen LogP contribution in [0.3, 0.4) is 0 Å². The Balaban J connectivity index is 2.14. The molecule has 0 aliphatic rings. The molecule has 0 aliphatic carbocycles. The molecule has 17 heavy (non-hydrogen) atoms. The number of hydrogen-bond acceptors (Lipinski definition) is 4. The largest absolute Gasteiger partial charge is 0.456 e. The average molecular weight is 229 g/mol. The lowest BCUT2D eigenvalue weighted by Gasteiger charge is -2.06. The van der Waals surface area contributed by atoms with Crippen LogP contribution in [0, 0.1) is 0 Å². The first kappa shape index (κ1) is 11.1. The van der Waals surface area contributed by atoms with E-state index in [4.69, 9.17) is 9.47 Å². The van der Waals surface area contributed by atoms with Crippen molar-refractivity contribution < 1.29 is 14.3 Å². The van der Waals surface area contributed by atoms with Crippen molar-refractivity contribution in [1.82, 2.24) is 4.98 Å². The number of aromatic nitrogens is 1. The van der Waals surface area contributed by atoms with Gasteiger partial charge in [-0.05, 0) is 24.3 Å². The number of ether oxygens (including phenoxy) is 2. The van der Waals surface area contributed by atoms with E-state index in [1.807, 2.05) is 0 Å². The van der Waals surface area contributed by atoms with Gasteiger partial charge in [0.2, 0.25) is 0 Å². The van der Waals surface area contributed by atoms with E-state index in [1.54, 1.807) is 48.8 Å². The van der Waals surface area contributed by atoms with Crippen molar-refractivity contribution in [3.8, 4) is 17.2 Å². The summed E-state index contributed by atoms with van der Waals surface area (Å²) in [6.45, 7) is 1.36. The monoisotopic (exact) mass is 229 g/mol. The predicted molar refractivity (Wildman–Crippen MR) is 62.1 cm³/mol. The lowest BCUT2D eigenvalue weighted by Crippen LogP contribution is -2.01. The Morgan fingerprint density at radius 3 is 2.59 bits per heavy atom. The van der Waals surface area contributed by atoms with Gasteiger partial charge in [-0.25, -0.2) is 0 Å². The maximum absolute atomic E-state index is 10.8. The highest BCUT2D eigenvalue weighted by Gasteiger charge is 2.01. The van der Waals surface area contributed by atoms with Crippen LogP contribution in [0.25, 0.3) is 0 Å². The third kappa shape index (κ3) is 3.31. The minimum atomic E-state index is -0.358. The fourth-order valence-corrected chi connectivity index (χ4v) is 1.31. The number of nitrogens with zero attached hydrogens (tertiary/aromatic N) is 1. The van der Waals surface area contributed by atoms with Gasteiger partial charge in [0, 0.05) is 19.2 Å². The summed E-state index contributed by atoms with van der Waals surface area (Å²) in [5.41, 5.74) is 0. The van der Waals surface area contributed by atoms with Crippen LogP contribution in [0.15, 0.2) is 48.8 Å². The summed E-state index contributed by atoms with van der Waals surface area (Å²) < 4.78 is 10.5. The first-order valence-electron chi connectivity index (χ1n) is 5.10. The highest BCUT2D eigenvalue weighted by Crippen LogP contribution is 2.24. The Labute approximate surface area is 98.8 Å². The first-order valence-corrected chi connectivity index (χ1v) is 5.10. The van der Waals surface area contributed by atoms with E-state index in [2.05, 4.69) is 4.98 Å². The van der Waals surface area contributed by atoms with E-state index in [0.717, 1.165) is 0 Å². The van der Waals surface area contributed by atoms with E-state index < -0.39 is 0 Å². The Morgan fingerprint density at radius 2 is 1.88 bits per heavy atom. The number of carbonyl (C=O) groups is 1. The van der Waals surface area contributed by atoms with Gasteiger partial charge in [0.1, 0.15) is 17.2 Å². The van der Waals surface area contributed by atoms with Crippen LogP contribution in [-0.2, 0) is 4.79 Å². The summed E-state index contributed by atoms with van der Waals surface area (Å²) in [6, 6.07) is 10.5. The number of hydrogen-bond donors (Lipinski definition) is 0. The minimum absolute atomic E-state index is 0.358. The number of esters is 1. The zero-order valence-corrected chi connectivity index (χ0v) is 9.29.